The van der Waals surface area contributed by atoms with Crippen molar-refractivity contribution in [3.63, 3.8) is 0 Å². The molecule has 0 radical (unpaired) electrons. The Labute approximate surface area is 182 Å². The minimum absolute atomic E-state index is 0.0738. The molecule has 0 aromatic heterocycles. The van der Waals surface area contributed by atoms with E-state index in [1.165, 1.54) is 17.5 Å². The molecule has 2 N–H and O–H groups in total. The fraction of sp³-hybridized carbons (Fsp3) is 0.478. The predicted octanol–water partition coefficient (Wildman–Crippen LogP) is 5.68. The van der Waals surface area contributed by atoms with Gasteiger partial charge in [0.15, 0.2) is 0 Å². The summed E-state index contributed by atoms with van der Waals surface area (Å²) in [4.78, 5) is 0. The molecule has 1 saturated heterocycles. The van der Waals surface area contributed by atoms with Crippen LogP contribution in [0.25, 0.3) is 0 Å². The Bertz CT molecular complexity index is 798. The maximum atomic E-state index is 6.16. The number of ether oxygens (including phenoxy) is 1. The van der Waals surface area contributed by atoms with Gasteiger partial charge in [-0.05, 0) is 72.8 Å². The Balaban J connectivity index is 1.69. The van der Waals surface area contributed by atoms with Gasteiger partial charge < -0.3 is 15.4 Å². The van der Waals surface area contributed by atoms with Gasteiger partial charge >= 0.3 is 0 Å². The van der Waals surface area contributed by atoms with E-state index < -0.39 is 0 Å². The van der Waals surface area contributed by atoms with Gasteiger partial charge in [0.25, 0.3) is 0 Å². The fourth-order valence-corrected chi connectivity index (χ4v) is 4.19. The highest BCUT2D eigenvalue weighted by atomic mass is 79.9. The van der Waals surface area contributed by atoms with Crippen LogP contribution in [0.4, 0.5) is 0 Å². The lowest BCUT2D eigenvalue weighted by molar-refractivity contribution is 0.304. The molecule has 152 valence electrons. The first-order valence-electron chi connectivity index (χ1n) is 9.94. The van der Waals surface area contributed by atoms with Crippen LogP contribution in [-0.4, -0.2) is 19.6 Å². The van der Waals surface area contributed by atoms with Crippen molar-refractivity contribution < 1.29 is 4.74 Å². The highest BCUT2D eigenvalue weighted by Gasteiger charge is 2.17. The minimum Gasteiger partial charge on any atom is -0.489 e. The number of benzene rings is 2. The highest BCUT2D eigenvalue weighted by Crippen LogP contribution is 2.29. The van der Waals surface area contributed by atoms with Gasteiger partial charge in [-0.15, -0.1) is 0 Å². The molecule has 1 heterocycles. The van der Waals surface area contributed by atoms with Crippen molar-refractivity contribution in [1.82, 2.24) is 10.6 Å². The first kappa shape index (κ1) is 21.6. The Kier molecular flexibility index (Phi) is 7.43. The lowest BCUT2D eigenvalue weighted by Crippen LogP contribution is -2.24. The van der Waals surface area contributed by atoms with Gasteiger partial charge in [0, 0.05) is 21.6 Å². The van der Waals surface area contributed by atoms with Gasteiger partial charge in [-0.1, -0.05) is 60.4 Å². The molecule has 28 heavy (non-hydrogen) atoms. The van der Waals surface area contributed by atoms with Crippen molar-refractivity contribution in [2.75, 3.05) is 19.6 Å². The zero-order valence-electron chi connectivity index (χ0n) is 16.9. The number of hydrogen-bond acceptors (Lipinski definition) is 3. The van der Waals surface area contributed by atoms with Gasteiger partial charge in [0.1, 0.15) is 12.4 Å². The molecule has 3 nitrogen and oxygen atoms in total. The zero-order valence-corrected chi connectivity index (χ0v) is 19.3. The quantitative estimate of drug-likeness (QED) is 0.552. The van der Waals surface area contributed by atoms with E-state index in [4.69, 9.17) is 16.3 Å². The molecule has 0 spiro atoms. The summed E-state index contributed by atoms with van der Waals surface area (Å²) in [6.07, 6.45) is 1.26. The van der Waals surface area contributed by atoms with Crippen molar-refractivity contribution in [2.24, 2.45) is 5.92 Å². The third kappa shape index (κ3) is 6.21. The van der Waals surface area contributed by atoms with E-state index in [-0.39, 0.29) is 5.41 Å². The van der Waals surface area contributed by atoms with Crippen LogP contribution in [-0.2, 0) is 18.6 Å². The second-order valence-electron chi connectivity index (χ2n) is 8.63. The Morgan fingerprint density at radius 3 is 2.71 bits per heavy atom. The molecule has 1 aliphatic rings. The lowest BCUT2D eigenvalue weighted by Gasteiger charge is -2.22. The molecule has 0 saturated carbocycles. The number of hydrogen-bond donors (Lipinski definition) is 2. The largest absolute Gasteiger partial charge is 0.489 e. The molecule has 1 unspecified atom stereocenters. The number of halogens is 2. The predicted molar refractivity (Wildman–Crippen MR) is 121 cm³/mol. The molecule has 1 aliphatic heterocycles. The molecule has 1 fully saturated rings. The maximum absolute atomic E-state index is 6.16. The molecule has 5 heteroatoms. The average molecular weight is 466 g/mol. The molecular formula is C23H30BrClN2O. The van der Waals surface area contributed by atoms with E-state index in [1.807, 2.05) is 18.2 Å². The van der Waals surface area contributed by atoms with Crippen molar-refractivity contribution >= 4 is 27.5 Å². The van der Waals surface area contributed by atoms with Crippen molar-refractivity contribution in [1.29, 1.82) is 0 Å². The second-order valence-corrected chi connectivity index (χ2v) is 9.92. The smallest absolute Gasteiger partial charge is 0.120 e. The lowest BCUT2D eigenvalue weighted by atomic mass is 9.86. The van der Waals surface area contributed by atoms with Crippen molar-refractivity contribution in [2.45, 2.75) is 45.8 Å². The summed E-state index contributed by atoms with van der Waals surface area (Å²) < 4.78 is 7.13. The van der Waals surface area contributed by atoms with Crippen LogP contribution in [0.5, 0.6) is 5.75 Å². The van der Waals surface area contributed by atoms with E-state index in [0.29, 0.717) is 6.61 Å². The van der Waals surface area contributed by atoms with E-state index in [9.17, 15) is 0 Å². The summed E-state index contributed by atoms with van der Waals surface area (Å²) >= 11 is 9.61. The molecule has 0 amide bonds. The second kappa shape index (κ2) is 9.62. The summed E-state index contributed by atoms with van der Waals surface area (Å²) in [6.45, 7) is 11.4. The number of rotatable bonds is 7. The van der Waals surface area contributed by atoms with Crippen LogP contribution in [0.3, 0.4) is 0 Å². The summed E-state index contributed by atoms with van der Waals surface area (Å²) in [5.74, 6) is 1.65. The average Bonchev–Trinajstić information content (AvgIpc) is 3.13. The first-order valence-corrected chi connectivity index (χ1v) is 11.1. The summed E-state index contributed by atoms with van der Waals surface area (Å²) in [6, 6.07) is 12.4. The molecule has 3 rings (SSSR count). The summed E-state index contributed by atoms with van der Waals surface area (Å²) in [7, 11) is 0. The van der Waals surface area contributed by atoms with Crippen molar-refractivity contribution in [3.8, 4) is 5.75 Å². The normalized spacial score (nSPS) is 17.1. The molecule has 0 aliphatic carbocycles. The fourth-order valence-electron chi connectivity index (χ4n) is 3.39. The van der Waals surface area contributed by atoms with Gasteiger partial charge in [-0.3, -0.25) is 0 Å². The van der Waals surface area contributed by atoms with Crippen LogP contribution in [0, 0.1) is 5.92 Å². The Hall–Kier alpha value is -1.07. The van der Waals surface area contributed by atoms with Crippen LogP contribution < -0.4 is 15.4 Å². The van der Waals surface area contributed by atoms with Gasteiger partial charge in [0.2, 0.25) is 0 Å². The topological polar surface area (TPSA) is 33.3 Å². The van der Waals surface area contributed by atoms with E-state index >= 15 is 0 Å². The van der Waals surface area contributed by atoms with Gasteiger partial charge in [-0.2, -0.15) is 0 Å². The maximum Gasteiger partial charge on any atom is 0.120 e. The summed E-state index contributed by atoms with van der Waals surface area (Å²) in [5.41, 5.74) is 3.71. The molecule has 0 bridgehead atoms. The van der Waals surface area contributed by atoms with Gasteiger partial charge in [0.05, 0.1) is 0 Å². The molecular weight excluding hydrogens is 436 g/mol. The van der Waals surface area contributed by atoms with E-state index in [2.05, 4.69) is 65.5 Å². The highest BCUT2D eigenvalue weighted by molar-refractivity contribution is 9.10. The standard InChI is InChI=1S/C23H30BrClN2O/c1-23(2,3)19-8-17(14-27-13-16-6-7-26-12-16)9-21(10-19)28-15-18-4-5-20(25)11-22(18)24/h4-5,8-11,16,26-27H,6-7,12-15H2,1-3H3. The van der Waals surface area contributed by atoms with Crippen LogP contribution >= 0.6 is 27.5 Å². The monoisotopic (exact) mass is 464 g/mol. The first-order chi connectivity index (χ1) is 13.3. The third-order valence-corrected chi connectivity index (χ3v) is 6.14. The van der Waals surface area contributed by atoms with Crippen LogP contribution in [0.2, 0.25) is 5.02 Å². The minimum atomic E-state index is 0.0738. The van der Waals surface area contributed by atoms with Crippen LogP contribution in [0.1, 0.15) is 43.9 Å². The zero-order chi connectivity index (χ0) is 20.1. The van der Waals surface area contributed by atoms with Gasteiger partial charge in [-0.25, -0.2) is 0 Å². The van der Waals surface area contributed by atoms with E-state index in [0.717, 1.165) is 52.9 Å². The molecule has 2 aromatic carbocycles. The SMILES string of the molecule is CC(C)(C)c1cc(CNCC2CCNC2)cc(OCc2ccc(Cl)cc2Br)c1. The Morgan fingerprint density at radius 2 is 2.04 bits per heavy atom. The van der Waals surface area contributed by atoms with E-state index in [1.54, 1.807) is 0 Å². The Morgan fingerprint density at radius 1 is 1.21 bits per heavy atom. The van der Waals surface area contributed by atoms with Crippen molar-refractivity contribution in [3.05, 3.63) is 62.6 Å². The van der Waals surface area contributed by atoms with Crippen LogP contribution in [0.15, 0.2) is 40.9 Å². The number of nitrogens with one attached hydrogen (secondary N) is 2. The molecule has 2 aromatic rings. The third-order valence-electron chi connectivity index (χ3n) is 5.17. The summed E-state index contributed by atoms with van der Waals surface area (Å²) in [5, 5.41) is 7.77. The molecule has 1 atom stereocenters.